The zero-order valence-corrected chi connectivity index (χ0v) is 15.7. The molecule has 0 spiro atoms. The van der Waals surface area contributed by atoms with Crippen molar-refractivity contribution in [3.05, 3.63) is 34.2 Å². The number of nitrogens with zero attached hydrogens (tertiary/aromatic N) is 1. The SMILES string of the molecule is CCCCCCCCCCCCOc1nc2ccc(C)cc2c(=O)o1. The number of aryl methyl sites for hydroxylation is 1. The Hall–Kier alpha value is -1.84. The van der Waals surface area contributed by atoms with Gasteiger partial charge in [0.05, 0.1) is 17.5 Å². The molecule has 0 aliphatic rings. The van der Waals surface area contributed by atoms with Crippen molar-refractivity contribution < 1.29 is 9.15 Å². The molecule has 1 aromatic carbocycles. The first-order chi connectivity index (χ1) is 12.2. The second-order valence-corrected chi connectivity index (χ2v) is 6.82. The Labute approximate surface area is 150 Å². The van der Waals surface area contributed by atoms with Crippen molar-refractivity contribution in [1.82, 2.24) is 4.98 Å². The summed E-state index contributed by atoms with van der Waals surface area (Å²) < 4.78 is 10.7. The fraction of sp³-hybridized carbons (Fsp3) is 0.619. The van der Waals surface area contributed by atoms with Gasteiger partial charge in [0.25, 0.3) is 0 Å². The molecule has 0 aliphatic carbocycles. The normalized spacial score (nSPS) is 11.1. The molecule has 25 heavy (non-hydrogen) atoms. The summed E-state index contributed by atoms with van der Waals surface area (Å²) in [4.78, 5) is 16.2. The van der Waals surface area contributed by atoms with Crippen molar-refractivity contribution in [2.24, 2.45) is 0 Å². The summed E-state index contributed by atoms with van der Waals surface area (Å²) in [5.74, 6) is 0. The fourth-order valence-corrected chi connectivity index (χ4v) is 2.98. The van der Waals surface area contributed by atoms with Crippen molar-refractivity contribution in [2.75, 3.05) is 6.61 Å². The minimum absolute atomic E-state index is 0.0808. The van der Waals surface area contributed by atoms with Crippen LogP contribution in [0.5, 0.6) is 6.08 Å². The highest BCUT2D eigenvalue weighted by Crippen LogP contribution is 2.15. The van der Waals surface area contributed by atoms with Crippen LogP contribution in [0.25, 0.3) is 10.9 Å². The van der Waals surface area contributed by atoms with Gasteiger partial charge in [-0.25, -0.2) is 4.79 Å². The van der Waals surface area contributed by atoms with E-state index in [4.69, 9.17) is 9.15 Å². The van der Waals surface area contributed by atoms with E-state index in [1.165, 1.54) is 51.4 Å². The maximum absolute atomic E-state index is 12.0. The molecule has 0 saturated carbocycles. The van der Waals surface area contributed by atoms with Gasteiger partial charge < -0.3 is 9.15 Å². The molecule has 0 radical (unpaired) electrons. The van der Waals surface area contributed by atoms with E-state index < -0.39 is 0 Å². The molecule has 0 bridgehead atoms. The molecule has 1 heterocycles. The molecule has 0 saturated heterocycles. The van der Waals surface area contributed by atoms with Crippen LogP contribution in [-0.2, 0) is 0 Å². The first-order valence-corrected chi connectivity index (χ1v) is 9.75. The van der Waals surface area contributed by atoms with Gasteiger partial charge in [-0.15, -0.1) is 0 Å². The van der Waals surface area contributed by atoms with E-state index in [9.17, 15) is 4.79 Å². The largest absolute Gasteiger partial charge is 0.450 e. The monoisotopic (exact) mass is 345 g/mol. The third-order valence-electron chi connectivity index (χ3n) is 4.49. The van der Waals surface area contributed by atoms with Crippen LogP contribution in [-0.4, -0.2) is 11.6 Å². The number of benzene rings is 1. The second kappa shape index (κ2) is 10.9. The summed E-state index contributed by atoms with van der Waals surface area (Å²) in [5, 5.41) is 0.506. The van der Waals surface area contributed by atoms with Crippen LogP contribution in [0.3, 0.4) is 0 Å². The first kappa shape index (κ1) is 19.5. The Balaban J connectivity index is 1.62. The number of rotatable bonds is 12. The van der Waals surface area contributed by atoms with Crippen molar-refractivity contribution >= 4 is 10.9 Å². The molecule has 1 aromatic heterocycles. The molecule has 0 aliphatic heterocycles. The molecule has 2 aromatic rings. The van der Waals surface area contributed by atoms with Gasteiger partial charge in [-0.2, -0.15) is 4.98 Å². The zero-order chi connectivity index (χ0) is 17.9. The van der Waals surface area contributed by atoms with Crippen LogP contribution in [0.15, 0.2) is 27.4 Å². The van der Waals surface area contributed by atoms with E-state index in [0.717, 1.165) is 18.4 Å². The average molecular weight is 345 g/mol. The number of fused-ring (bicyclic) bond motifs is 1. The third-order valence-corrected chi connectivity index (χ3v) is 4.49. The van der Waals surface area contributed by atoms with E-state index in [0.29, 0.717) is 17.5 Å². The van der Waals surface area contributed by atoms with Crippen LogP contribution >= 0.6 is 0 Å². The molecular formula is C21H31NO3. The standard InChI is InChI=1S/C21H31NO3/c1-3-4-5-6-7-8-9-10-11-12-15-24-21-22-19-14-13-17(2)16-18(19)20(23)25-21/h13-14,16H,3-12,15H2,1-2H3. The topological polar surface area (TPSA) is 52.3 Å². The van der Waals surface area contributed by atoms with E-state index in [1.807, 2.05) is 19.1 Å². The number of hydrogen-bond acceptors (Lipinski definition) is 4. The molecule has 0 unspecified atom stereocenters. The van der Waals surface area contributed by atoms with Gasteiger partial charge in [-0.1, -0.05) is 76.3 Å². The Bertz CT molecular complexity index is 693. The predicted molar refractivity (Wildman–Crippen MR) is 102 cm³/mol. The maximum Gasteiger partial charge on any atom is 0.397 e. The minimum Gasteiger partial charge on any atom is -0.450 e. The smallest absolute Gasteiger partial charge is 0.397 e. The zero-order valence-electron chi connectivity index (χ0n) is 15.7. The molecule has 0 N–H and O–H groups in total. The lowest BCUT2D eigenvalue weighted by molar-refractivity contribution is 0.211. The summed E-state index contributed by atoms with van der Waals surface area (Å²) in [6, 6.07) is 5.55. The molecule has 0 atom stereocenters. The van der Waals surface area contributed by atoms with Gasteiger partial charge in [-0.05, 0) is 25.5 Å². The van der Waals surface area contributed by atoms with Crippen LogP contribution in [0.2, 0.25) is 0 Å². The molecule has 0 amide bonds. The van der Waals surface area contributed by atoms with Crippen molar-refractivity contribution in [2.45, 2.75) is 78.1 Å². The van der Waals surface area contributed by atoms with E-state index in [-0.39, 0.29) is 11.7 Å². The number of unbranched alkanes of at least 4 members (excludes halogenated alkanes) is 9. The Kier molecular flexibility index (Phi) is 8.50. The van der Waals surface area contributed by atoms with E-state index >= 15 is 0 Å². The first-order valence-electron chi connectivity index (χ1n) is 9.75. The third kappa shape index (κ3) is 6.89. The number of aromatic nitrogens is 1. The Morgan fingerprint density at radius 1 is 0.960 bits per heavy atom. The van der Waals surface area contributed by atoms with Crippen LogP contribution < -0.4 is 10.4 Å². The lowest BCUT2D eigenvalue weighted by Gasteiger charge is -2.05. The van der Waals surface area contributed by atoms with Gasteiger partial charge in [0.15, 0.2) is 0 Å². The van der Waals surface area contributed by atoms with Crippen molar-refractivity contribution in [3.63, 3.8) is 0 Å². The van der Waals surface area contributed by atoms with Crippen LogP contribution in [0.4, 0.5) is 0 Å². The number of ether oxygens (including phenoxy) is 1. The van der Waals surface area contributed by atoms with Crippen molar-refractivity contribution in [1.29, 1.82) is 0 Å². The lowest BCUT2D eigenvalue weighted by atomic mass is 10.1. The summed E-state index contributed by atoms with van der Waals surface area (Å²) >= 11 is 0. The van der Waals surface area contributed by atoms with Gasteiger partial charge >= 0.3 is 11.7 Å². The van der Waals surface area contributed by atoms with Gasteiger partial charge in [0.1, 0.15) is 0 Å². The lowest BCUT2D eigenvalue weighted by Crippen LogP contribution is -2.06. The van der Waals surface area contributed by atoms with Gasteiger partial charge in [0.2, 0.25) is 0 Å². The Morgan fingerprint density at radius 3 is 2.28 bits per heavy atom. The van der Waals surface area contributed by atoms with E-state index in [1.54, 1.807) is 6.07 Å². The van der Waals surface area contributed by atoms with Crippen molar-refractivity contribution in [3.8, 4) is 6.08 Å². The molecule has 4 heteroatoms. The quantitative estimate of drug-likeness (QED) is 0.456. The van der Waals surface area contributed by atoms with Crippen LogP contribution in [0, 0.1) is 6.92 Å². The maximum atomic E-state index is 12.0. The number of hydrogen-bond donors (Lipinski definition) is 0. The molecule has 138 valence electrons. The molecule has 4 nitrogen and oxygen atoms in total. The Morgan fingerprint density at radius 2 is 1.60 bits per heavy atom. The average Bonchev–Trinajstić information content (AvgIpc) is 2.60. The summed E-state index contributed by atoms with van der Waals surface area (Å²) in [7, 11) is 0. The highest BCUT2D eigenvalue weighted by atomic mass is 16.6. The summed E-state index contributed by atoms with van der Waals surface area (Å²) in [6.07, 6.45) is 12.9. The highest BCUT2D eigenvalue weighted by Gasteiger charge is 2.07. The molecular weight excluding hydrogens is 314 g/mol. The second-order valence-electron chi connectivity index (χ2n) is 6.82. The van der Waals surface area contributed by atoms with Gasteiger partial charge in [0, 0.05) is 0 Å². The summed E-state index contributed by atoms with van der Waals surface area (Å²) in [5.41, 5.74) is 1.26. The summed E-state index contributed by atoms with van der Waals surface area (Å²) in [6.45, 7) is 4.74. The predicted octanol–water partition coefficient (Wildman–Crippen LogP) is 5.80. The van der Waals surface area contributed by atoms with Crippen LogP contribution in [0.1, 0.15) is 76.7 Å². The fourth-order valence-electron chi connectivity index (χ4n) is 2.98. The highest BCUT2D eigenvalue weighted by molar-refractivity contribution is 5.77. The minimum atomic E-state index is -0.383. The van der Waals surface area contributed by atoms with Gasteiger partial charge in [-0.3, -0.25) is 0 Å². The van der Waals surface area contributed by atoms with E-state index in [2.05, 4.69) is 11.9 Å². The molecule has 2 rings (SSSR count). The molecule has 0 fully saturated rings.